The Kier molecular flexibility index (Phi) is 5.25. The zero-order chi connectivity index (χ0) is 20.5. The minimum atomic E-state index is -2.37. The zero-order valence-corrected chi connectivity index (χ0v) is 17.5. The summed E-state index contributed by atoms with van der Waals surface area (Å²) in [7, 11) is -2.37. The highest BCUT2D eigenvalue weighted by Gasteiger charge is 2.25. The molecule has 2 saturated heterocycles. The van der Waals surface area contributed by atoms with Crippen LogP contribution in [-0.2, 0) is 10.7 Å². The van der Waals surface area contributed by atoms with Gasteiger partial charge in [-0.1, -0.05) is 0 Å². The topological polar surface area (TPSA) is 124 Å². The lowest BCUT2D eigenvalue weighted by molar-refractivity contribution is 0.250. The standard InChI is InChI=1S/C18H25N9O2S/c28-30(29)12-25-7-3-14(4-8-25)22-18-23-17-16(26-5-1-2-6-26)15(13-9-20-21-10-13)19-11-27(17)24-18/h9-11,14,30H,1-8,12H2,(H,20,21)(H,22,24). The number of hydrogen-bond donors (Lipinski definition) is 3. The number of fused-ring (bicyclic) bond motifs is 1. The third-order valence-corrected chi connectivity index (χ3v) is 6.42. The molecule has 2 fully saturated rings. The second kappa shape index (κ2) is 8.19. The largest absolute Gasteiger partial charge is 0.367 e. The Morgan fingerprint density at radius 3 is 2.67 bits per heavy atom. The first-order valence-corrected chi connectivity index (χ1v) is 11.6. The molecule has 0 amide bonds. The van der Waals surface area contributed by atoms with E-state index in [-0.39, 0.29) is 11.9 Å². The van der Waals surface area contributed by atoms with Crippen LogP contribution in [0.4, 0.5) is 11.6 Å². The summed E-state index contributed by atoms with van der Waals surface area (Å²) in [6.45, 7) is 3.45. The van der Waals surface area contributed by atoms with Crippen molar-refractivity contribution in [3.8, 4) is 11.3 Å². The number of anilines is 2. The molecule has 5 rings (SSSR count). The molecule has 0 bridgehead atoms. The Balaban J connectivity index is 1.41. The van der Waals surface area contributed by atoms with Crippen LogP contribution >= 0.6 is 0 Å². The monoisotopic (exact) mass is 431 g/mol. The SMILES string of the molecule is O=[SH](=O)CN1CCC(Nc2nc3c(N4CCCC4)c(-c4cn[nH]c4)ncn3n2)CC1. The number of likely N-dealkylation sites (tertiary alicyclic amines) is 1. The summed E-state index contributed by atoms with van der Waals surface area (Å²) in [6.07, 6.45) is 9.33. The summed E-state index contributed by atoms with van der Waals surface area (Å²) < 4.78 is 23.6. The molecule has 12 heteroatoms. The van der Waals surface area contributed by atoms with Crippen molar-refractivity contribution in [2.45, 2.75) is 31.7 Å². The van der Waals surface area contributed by atoms with Crippen molar-refractivity contribution < 1.29 is 8.42 Å². The number of thiol groups is 1. The van der Waals surface area contributed by atoms with Crippen LogP contribution in [0.5, 0.6) is 0 Å². The van der Waals surface area contributed by atoms with Gasteiger partial charge in [0, 0.05) is 44.0 Å². The van der Waals surface area contributed by atoms with Crippen LogP contribution in [0.25, 0.3) is 16.9 Å². The van der Waals surface area contributed by atoms with Crippen molar-refractivity contribution in [2.24, 2.45) is 0 Å². The van der Waals surface area contributed by atoms with Crippen LogP contribution in [0.3, 0.4) is 0 Å². The lowest BCUT2D eigenvalue weighted by atomic mass is 10.1. The summed E-state index contributed by atoms with van der Waals surface area (Å²) in [5.74, 6) is 0.714. The third-order valence-electron chi connectivity index (χ3n) is 5.79. The lowest BCUT2D eigenvalue weighted by Crippen LogP contribution is -2.40. The van der Waals surface area contributed by atoms with Crippen LogP contribution < -0.4 is 10.2 Å². The highest BCUT2D eigenvalue weighted by molar-refractivity contribution is 7.72. The predicted octanol–water partition coefficient (Wildman–Crippen LogP) is 0.560. The summed E-state index contributed by atoms with van der Waals surface area (Å²) in [5, 5.41) is 15.0. The number of H-pyrrole nitrogens is 1. The second-order valence-corrected chi connectivity index (χ2v) is 8.79. The number of nitrogens with one attached hydrogen (secondary N) is 2. The van der Waals surface area contributed by atoms with E-state index >= 15 is 0 Å². The third kappa shape index (κ3) is 3.84. The fraction of sp³-hybridized carbons (Fsp3) is 0.556. The van der Waals surface area contributed by atoms with Gasteiger partial charge >= 0.3 is 0 Å². The Bertz CT molecular complexity index is 1070. The molecule has 3 aromatic heterocycles. The molecule has 0 atom stereocenters. The molecule has 2 aliphatic heterocycles. The number of aromatic nitrogens is 6. The van der Waals surface area contributed by atoms with E-state index < -0.39 is 10.7 Å². The van der Waals surface area contributed by atoms with Gasteiger partial charge < -0.3 is 10.2 Å². The van der Waals surface area contributed by atoms with Gasteiger partial charge in [0.25, 0.3) is 0 Å². The highest BCUT2D eigenvalue weighted by atomic mass is 32.2. The van der Waals surface area contributed by atoms with E-state index in [9.17, 15) is 8.42 Å². The van der Waals surface area contributed by atoms with E-state index in [1.165, 1.54) is 0 Å². The van der Waals surface area contributed by atoms with E-state index in [2.05, 4.69) is 30.5 Å². The van der Waals surface area contributed by atoms with E-state index in [0.717, 1.165) is 74.5 Å². The van der Waals surface area contributed by atoms with Gasteiger partial charge in [-0.2, -0.15) is 14.6 Å². The quantitative estimate of drug-likeness (QED) is 0.480. The lowest BCUT2D eigenvalue weighted by Gasteiger charge is -2.30. The molecule has 0 spiro atoms. The number of aromatic amines is 1. The Morgan fingerprint density at radius 2 is 1.97 bits per heavy atom. The minimum Gasteiger partial charge on any atom is -0.367 e. The number of nitrogens with zero attached hydrogens (tertiary/aromatic N) is 7. The molecular formula is C18H25N9O2S. The zero-order valence-electron chi connectivity index (χ0n) is 16.6. The molecule has 3 aromatic rings. The second-order valence-electron chi connectivity index (χ2n) is 7.84. The maximum absolute atomic E-state index is 10.9. The van der Waals surface area contributed by atoms with Gasteiger partial charge in [0.05, 0.1) is 12.1 Å². The first-order valence-electron chi connectivity index (χ1n) is 10.3. The van der Waals surface area contributed by atoms with Crippen LogP contribution in [0, 0.1) is 0 Å². The first kappa shape index (κ1) is 19.2. The van der Waals surface area contributed by atoms with Gasteiger partial charge in [0.15, 0.2) is 16.4 Å². The van der Waals surface area contributed by atoms with E-state index in [1.54, 1.807) is 17.0 Å². The van der Waals surface area contributed by atoms with E-state index in [0.29, 0.717) is 5.95 Å². The molecule has 30 heavy (non-hydrogen) atoms. The van der Waals surface area contributed by atoms with Crippen LogP contribution in [0.15, 0.2) is 18.7 Å². The highest BCUT2D eigenvalue weighted by Crippen LogP contribution is 2.34. The van der Waals surface area contributed by atoms with E-state index in [1.807, 2.05) is 11.1 Å². The van der Waals surface area contributed by atoms with Gasteiger partial charge in [0.2, 0.25) is 5.95 Å². The fourth-order valence-electron chi connectivity index (χ4n) is 4.29. The Labute approximate surface area is 175 Å². The minimum absolute atomic E-state index is 0.135. The van der Waals surface area contributed by atoms with Gasteiger partial charge in [-0.15, -0.1) is 5.10 Å². The van der Waals surface area contributed by atoms with Crippen molar-refractivity contribution in [1.82, 2.24) is 34.7 Å². The van der Waals surface area contributed by atoms with Crippen molar-refractivity contribution in [3.63, 3.8) is 0 Å². The maximum Gasteiger partial charge on any atom is 0.243 e. The average Bonchev–Trinajstić information content (AvgIpc) is 3.49. The average molecular weight is 432 g/mol. The molecule has 2 N–H and O–H groups in total. The van der Waals surface area contributed by atoms with Crippen molar-refractivity contribution >= 4 is 28.0 Å². The van der Waals surface area contributed by atoms with E-state index in [4.69, 9.17) is 4.98 Å². The van der Waals surface area contributed by atoms with Gasteiger partial charge in [-0.05, 0) is 25.7 Å². The number of piperidine rings is 1. The fourth-order valence-corrected chi connectivity index (χ4v) is 4.90. The van der Waals surface area contributed by atoms with Gasteiger partial charge in [-0.3, -0.25) is 10.00 Å². The van der Waals surface area contributed by atoms with Crippen LogP contribution in [0.1, 0.15) is 25.7 Å². The summed E-state index contributed by atoms with van der Waals surface area (Å²) in [4.78, 5) is 13.8. The van der Waals surface area contributed by atoms with Gasteiger partial charge in [-0.25, -0.2) is 13.4 Å². The normalized spacial score (nSPS) is 18.6. The maximum atomic E-state index is 10.9. The smallest absolute Gasteiger partial charge is 0.243 e. The Morgan fingerprint density at radius 1 is 1.17 bits per heavy atom. The number of rotatable bonds is 6. The molecule has 160 valence electrons. The molecule has 5 heterocycles. The van der Waals surface area contributed by atoms with Crippen molar-refractivity contribution in [1.29, 1.82) is 0 Å². The van der Waals surface area contributed by atoms with Crippen LogP contribution in [0.2, 0.25) is 0 Å². The summed E-state index contributed by atoms with van der Waals surface area (Å²) >= 11 is 0. The molecule has 0 aliphatic carbocycles. The first-order chi connectivity index (χ1) is 14.7. The Hall–Kier alpha value is -2.73. The molecular weight excluding hydrogens is 406 g/mol. The molecule has 0 aromatic carbocycles. The van der Waals surface area contributed by atoms with Gasteiger partial charge in [0.1, 0.15) is 17.7 Å². The summed E-state index contributed by atoms with van der Waals surface area (Å²) in [5.41, 5.74) is 3.57. The molecule has 2 aliphatic rings. The molecule has 0 saturated carbocycles. The van der Waals surface area contributed by atoms with Crippen LogP contribution in [-0.4, -0.2) is 81.2 Å². The van der Waals surface area contributed by atoms with Crippen molar-refractivity contribution in [3.05, 3.63) is 18.7 Å². The molecule has 11 nitrogen and oxygen atoms in total. The predicted molar refractivity (Wildman–Crippen MR) is 113 cm³/mol. The number of hydrogen-bond acceptors (Lipinski definition) is 9. The molecule has 0 radical (unpaired) electrons. The molecule has 0 unspecified atom stereocenters. The summed E-state index contributed by atoms with van der Waals surface area (Å²) in [6, 6.07) is 0.222. The van der Waals surface area contributed by atoms with Crippen molar-refractivity contribution in [2.75, 3.05) is 42.3 Å².